The van der Waals surface area contributed by atoms with Crippen molar-refractivity contribution in [3.05, 3.63) is 87.4 Å². The van der Waals surface area contributed by atoms with Crippen LogP contribution in [0.1, 0.15) is 11.1 Å². The van der Waals surface area contributed by atoms with Crippen molar-refractivity contribution in [1.82, 2.24) is 0 Å². The summed E-state index contributed by atoms with van der Waals surface area (Å²) in [5, 5.41) is 22.4. The van der Waals surface area contributed by atoms with Gasteiger partial charge in [0.25, 0.3) is 5.91 Å². The van der Waals surface area contributed by atoms with Gasteiger partial charge in [-0.1, -0.05) is 29.3 Å². The fourth-order valence-electron chi connectivity index (χ4n) is 2.72. The van der Waals surface area contributed by atoms with E-state index in [4.69, 9.17) is 32.7 Å². The Morgan fingerprint density at radius 3 is 2.50 bits per heavy atom. The lowest BCUT2D eigenvalue weighted by Crippen LogP contribution is -2.13. The second-order valence-electron chi connectivity index (χ2n) is 6.61. The number of aromatic hydroxyl groups is 1. The monoisotopic (exact) mass is 468 g/mol. The maximum Gasteiger partial charge on any atom is 0.266 e. The number of carbonyl (C=O) groups excluding carboxylic acids is 1. The van der Waals surface area contributed by atoms with Crippen LogP contribution in [0.5, 0.6) is 17.2 Å². The molecule has 162 valence electrons. The van der Waals surface area contributed by atoms with Crippen molar-refractivity contribution in [3.63, 3.8) is 0 Å². The Labute approximate surface area is 195 Å². The maximum atomic E-state index is 12.6. The van der Waals surface area contributed by atoms with Crippen molar-refractivity contribution in [3.8, 4) is 23.3 Å². The summed E-state index contributed by atoms with van der Waals surface area (Å²) in [7, 11) is 1.53. The summed E-state index contributed by atoms with van der Waals surface area (Å²) >= 11 is 12.0. The normalized spacial score (nSPS) is 10.9. The Kier molecular flexibility index (Phi) is 7.61. The molecule has 0 heterocycles. The molecule has 0 aliphatic carbocycles. The number of rotatable bonds is 7. The van der Waals surface area contributed by atoms with Crippen LogP contribution in [0.4, 0.5) is 5.69 Å². The van der Waals surface area contributed by atoms with E-state index in [1.54, 1.807) is 36.4 Å². The van der Waals surface area contributed by atoms with Gasteiger partial charge in [-0.2, -0.15) is 5.26 Å². The molecular formula is C24H18Cl2N2O4. The first-order valence-corrected chi connectivity index (χ1v) is 10.1. The Balaban J connectivity index is 1.85. The first-order valence-electron chi connectivity index (χ1n) is 9.36. The summed E-state index contributed by atoms with van der Waals surface area (Å²) in [6, 6.07) is 18.0. The van der Waals surface area contributed by atoms with E-state index in [2.05, 4.69) is 5.32 Å². The molecule has 6 nitrogen and oxygen atoms in total. The molecular weight excluding hydrogens is 451 g/mol. The quantitative estimate of drug-likeness (QED) is 0.258. The number of nitriles is 1. The number of nitrogens with one attached hydrogen (secondary N) is 1. The Bertz CT molecular complexity index is 1200. The van der Waals surface area contributed by atoms with Gasteiger partial charge in [0.15, 0.2) is 0 Å². The fourth-order valence-corrected chi connectivity index (χ4v) is 3.04. The van der Waals surface area contributed by atoms with Crippen molar-refractivity contribution < 1.29 is 19.4 Å². The molecule has 1 amide bonds. The molecule has 3 aromatic rings. The van der Waals surface area contributed by atoms with Gasteiger partial charge in [-0.15, -0.1) is 0 Å². The highest BCUT2D eigenvalue weighted by atomic mass is 35.5. The van der Waals surface area contributed by atoms with Crippen LogP contribution in [0, 0.1) is 11.3 Å². The van der Waals surface area contributed by atoms with Gasteiger partial charge >= 0.3 is 0 Å². The van der Waals surface area contributed by atoms with E-state index in [0.717, 1.165) is 5.56 Å². The molecule has 8 heteroatoms. The summed E-state index contributed by atoms with van der Waals surface area (Å²) in [5.41, 5.74) is 1.63. The first-order chi connectivity index (χ1) is 15.4. The topological polar surface area (TPSA) is 91.6 Å². The zero-order chi connectivity index (χ0) is 23.1. The number of hydrogen-bond acceptors (Lipinski definition) is 5. The summed E-state index contributed by atoms with van der Waals surface area (Å²) in [5.74, 6) is 0.449. The minimum absolute atomic E-state index is 0.0704. The van der Waals surface area contributed by atoms with Crippen LogP contribution >= 0.6 is 23.2 Å². The summed E-state index contributed by atoms with van der Waals surface area (Å²) in [4.78, 5) is 12.6. The molecule has 0 aromatic heterocycles. The van der Waals surface area contributed by atoms with E-state index >= 15 is 0 Å². The van der Waals surface area contributed by atoms with Gasteiger partial charge < -0.3 is 19.9 Å². The number of phenolic OH excluding ortho intramolecular Hbond substituents is 1. The van der Waals surface area contributed by atoms with Crippen LogP contribution in [-0.4, -0.2) is 18.1 Å². The van der Waals surface area contributed by atoms with Crippen LogP contribution < -0.4 is 14.8 Å². The molecule has 0 radical (unpaired) electrons. The van der Waals surface area contributed by atoms with Crippen LogP contribution in [-0.2, 0) is 11.4 Å². The van der Waals surface area contributed by atoms with E-state index in [0.29, 0.717) is 32.8 Å². The molecule has 2 N–H and O–H groups in total. The van der Waals surface area contributed by atoms with Gasteiger partial charge in [-0.3, -0.25) is 4.79 Å². The van der Waals surface area contributed by atoms with Crippen molar-refractivity contribution >= 4 is 40.9 Å². The lowest BCUT2D eigenvalue weighted by atomic mass is 10.1. The minimum Gasteiger partial charge on any atom is -0.508 e. The highest BCUT2D eigenvalue weighted by Gasteiger charge is 2.13. The lowest BCUT2D eigenvalue weighted by Gasteiger charge is -2.12. The number of halogens is 2. The lowest BCUT2D eigenvalue weighted by molar-refractivity contribution is -0.112. The van der Waals surface area contributed by atoms with E-state index in [1.165, 1.54) is 37.5 Å². The molecule has 0 unspecified atom stereocenters. The summed E-state index contributed by atoms with van der Waals surface area (Å²) in [6.45, 7) is 0.187. The van der Waals surface area contributed by atoms with Gasteiger partial charge in [0.2, 0.25) is 0 Å². The van der Waals surface area contributed by atoms with Crippen molar-refractivity contribution in [2.24, 2.45) is 0 Å². The average molecular weight is 469 g/mol. The highest BCUT2D eigenvalue weighted by Crippen LogP contribution is 2.29. The van der Waals surface area contributed by atoms with E-state index in [9.17, 15) is 15.2 Å². The van der Waals surface area contributed by atoms with Gasteiger partial charge in [0.1, 0.15) is 35.5 Å². The van der Waals surface area contributed by atoms with Crippen LogP contribution in [0.2, 0.25) is 10.0 Å². The number of nitrogens with zero attached hydrogens (tertiary/aromatic N) is 1. The number of carbonyl (C=O) groups is 1. The molecule has 0 spiro atoms. The van der Waals surface area contributed by atoms with Gasteiger partial charge in [0.05, 0.1) is 17.2 Å². The molecule has 0 saturated heterocycles. The maximum absolute atomic E-state index is 12.6. The highest BCUT2D eigenvalue weighted by molar-refractivity contribution is 6.42. The SMILES string of the molecule is COc1ccc(/C=C(\C#N)C(=O)Nc2ccc(O)cc2)c(OCc2ccc(Cl)c(Cl)c2)c1. The summed E-state index contributed by atoms with van der Waals surface area (Å²) in [6.07, 6.45) is 1.43. The third-order valence-corrected chi connectivity index (χ3v) is 5.13. The van der Waals surface area contributed by atoms with Crippen molar-refractivity contribution in [2.45, 2.75) is 6.61 Å². The van der Waals surface area contributed by atoms with Crippen LogP contribution in [0.15, 0.2) is 66.2 Å². The fraction of sp³-hybridized carbons (Fsp3) is 0.0833. The van der Waals surface area contributed by atoms with Gasteiger partial charge in [-0.25, -0.2) is 0 Å². The Hall–Kier alpha value is -3.66. The third kappa shape index (κ3) is 5.94. The summed E-state index contributed by atoms with van der Waals surface area (Å²) < 4.78 is 11.2. The molecule has 3 rings (SSSR count). The molecule has 0 aliphatic heterocycles. The number of hydrogen-bond donors (Lipinski definition) is 2. The van der Waals surface area contributed by atoms with E-state index < -0.39 is 5.91 Å². The van der Waals surface area contributed by atoms with Crippen LogP contribution in [0.25, 0.3) is 6.08 Å². The largest absolute Gasteiger partial charge is 0.508 e. The minimum atomic E-state index is -0.593. The first kappa shape index (κ1) is 23.0. The second-order valence-corrected chi connectivity index (χ2v) is 7.43. The predicted octanol–water partition coefficient (Wildman–Crippen LogP) is 5.83. The van der Waals surface area contributed by atoms with Gasteiger partial charge in [-0.05, 0) is 60.2 Å². The van der Waals surface area contributed by atoms with Gasteiger partial charge in [0, 0.05) is 17.3 Å². The molecule has 32 heavy (non-hydrogen) atoms. The molecule has 0 atom stereocenters. The average Bonchev–Trinajstić information content (AvgIpc) is 2.80. The molecule has 0 saturated carbocycles. The van der Waals surface area contributed by atoms with Crippen LogP contribution in [0.3, 0.4) is 0 Å². The number of anilines is 1. The van der Waals surface area contributed by atoms with Crippen molar-refractivity contribution in [2.75, 3.05) is 12.4 Å². The number of phenols is 1. The zero-order valence-corrected chi connectivity index (χ0v) is 18.4. The Morgan fingerprint density at radius 2 is 1.84 bits per heavy atom. The number of methoxy groups -OCH3 is 1. The van der Waals surface area contributed by atoms with Crippen molar-refractivity contribution in [1.29, 1.82) is 5.26 Å². The van der Waals surface area contributed by atoms with E-state index in [1.807, 2.05) is 6.07 Å². The molecule has 3 aromatic carbocycles. The standard InChI is InChI=1S/C24H18Cl2N2O4/c1-31-20-8-3-16(23(12-20)32-14-15-2-9-21(25)22(26)10-15)11-17(13-27)24(30)28-18-4-6-19(29)7-5-18/h2-12,29H,14H2,1H3,(H,28,30)/b17-11+. The molecule has 0 fully saturated rings. The third-order valence-electron chi connectivity index (χ3n) is 4.39. The van der Waals surface area contributed by atoms with E-state index in [-0.39, 0.29) is 17.9 Å². The number of benzene rings is 3. The smallest absolute Gasteiger partial charge is 0.266 e. The second kappa shape index (κ2) is 10.6. The Morgan fingerprint density at radius 1 is 1.09 bits per heavy atom. The zero-order valence-electron chi connectivity index (χ0n) is 16.9. The molecule has 0 bridgehead atoms. The number of ether oxygens (including phenoxy) is 2. The predicted molar refractivity (Wildman–Crippen MR) is 124 cm³/mol. The molecule has 0 aliphatic rings. The number of amides is 1.